The summed E-state index contributed by atoms with van der Waals surface area (Å²) in [6.07, 6.45) is 4.34. The third-order valence-electron chi connectivity index (χ3n) is 8.36. The average Bonchev–Trinajstić information content (AvgIpc) is 3.23. The van der Waals surface area contributed by atoms with Crippen LogP contribution in [0.25, 0.3) is 0 Å². The van der Waals surface area contributed by atoms with Gasteiger partial charge < -0.3 is 45.0 Å². The first-order valence-corrected chi connectivity index (χ1v) is 18.0. The molecule has 4 amide bonds. The van der Waals surface area contributed by atoms with Crippen LogP contribution < -0.4 is 40.2 Å². The summed E-state index contributed by atoms with van der Waals surface area (Å²) in [6.45, 7) is 13.7. The van der Waals surface area contributed by atoms with Gasteiger partial charge in [0.1, 0.15) is 30.9 Å². The van der Waals surface area contributed by atoms with E-state index in [1.54, 1.807) is 0 Å². The number of amides is 4. The third-order valence-corrected chi connectivity index (χ3v) is 8.36. The van der Waals surface area contributed by atoms with Crippen LogP contribution in [-0.2, 0) is 9.53 Å². The second-order valence-corrected chi connectivity index (χ2v) is 13.0. The molecule has 4 N–H and O–H groups in total. The molecule has 0 saturated carbocycles. The number of ether oxygens (including phenoxy) is 5. The molecule has 0 heterocycles. The molecule has 0 radical (unpaired) electrons. The van der Waals surface area contributed by atoms with Crippen molar-refractivity contribution in [3.05, 3.63) is 143 Å². The van der Waals surface area contributed by atoms with Gasteiger partial charge in [0.25, 0.3) is 23.4 Å². The fourth-order valence-electron chi connectivity index (χ4n) is 5.37. The quantitative estimate of drug-likeness (QED) is 0.0315. The minimum atomic E-state index is -1.40. The van der Waals surface area contributed by atoms with Crippen molar-refractivity contribution in [2.24, 2.45) is 0 Å². The topological polar surface area (TPSA) is 223 Å². The van der Waals surface area contributed by atoms with Crippen molar-refractivity contribution in [1.29, 1.82) is 0 Å². The zero-order chi connectivity index (χ0) is 44.0. The lowest BCUT2D eigenvalue weighted by molar-refractivity contribution is -0.384. The zero-order valence-corrected chi connectivity index (χ0v) is 33.2. The molecule has 17 nitrogen and oxygen atoms in total. The molecule has 0 aliphatic rings. The Labute approximate surface area is 345 Å². The average molecular weight is 822 g/mol. The Bertz CT molecular complexity index is 2300. The summed E-state index contributed by atoms with van der Waals surface area (Å²) < 4.78 is 28.0. The summed E-state index contributed by atoms with van der Waals surface area (Å²) in [7, 11) is 2.67. The number of nitro groups is 1. The van der Waals surface area contributed by atoms with E-state index in [1.165, 1.54) is 119 Å². The Morgan fingerprint density at radius 3 is 1.63 bits per heavy atom. The van der Waals surface area contributed by atoms with E-state index in [-0.39, 0.29) is 82.1 Å². The van der Waals surface area contributed by atoms with Crippen LogP contribution in [0.1, 0.15) is 55.3 Å². The molecule has 4 aromatic rings. The van der Waals surface area contributed by atoms with Crippen LogP contribution in [0, 0.1) is 10.1 Å². The molecule has 0 fully saturated rings. The maximum atomic E-state index is 13.8. The fourth-order valence-corrected chi connectivity index (χ4v) is 5.37. The summed E-state index contributed by atoms with van der Waals surface area (Å²) in [5.74, 6) is -3.11. The van der Waals surface area contributed by atoms with Gasteiger partial charge in [0.15, 0.2) is 23.0 Å². The number of nitrogens with one attached hydrogen (secondary N) is 4. The maximum absolute atomic E-state index is 13.8. The number of benzene rings is 4. The van der Waals surface area contributed by atoms with E-state index < -0.39 is 40.1 Å². The number of nitro benzene ring substituents is 1. The monoisotopic (exact) mass is 821 g/mol. The van der Waals surface area contributed by atoms with Crippen LogP contribution in [0.15, 0.2) is 111 Å². The summed E-state index contributed by atoms with van der Waals surface area (Å²) in [4.78, 5) is 76.3. The Morgan fingerprint density at radius 1 is 0.633 bits per heavy atom. The van der Waals surface area contributed by atoms with Crippen LogP contribution in [-0.4, -0.2) is 74.1 Å². The minimum absolute atomic E-state index is 0.00346. The molecule has 0 saturated heterocycles. The second kappa shape index (κ2) is 20.5. The first kappa shape index (κ1) is 44.8. The number of nitrogens with zero attached hydrogens (tertiary/aromatic N) is 1. The second-order valence-electron chi connectivity index (χ2n) is 13.0. The number of esters is 1. The Kier molecular flexibility index (Phi) is 15.3. The van der Waals surface area contributed by atoms with Gasteiger partial charge in [-0.05, 0) is 74.5 Å². The Morgan fingerprint density at radius 2 is 1.12 bits per heavy atom. The molecule has 0 aromatic heterocycles. The van der Waals surface area contributed by atoms with Gasteiger partial charge in [-0.15, -0.1) is 0 Å². The zero-order valence-electron chi connectivity index (χ0n) is 33.2. The van der Waals surface area contributed by atoms with Crippen molar-refractivity contribution in [2.45, 2.75) is 19.4 Å². The van der Waals surface area contributed by atoms with Crippen LogP contribution in [0.2, 0.25) is 0 Å². The predicted octanol–water partition coefficient (Wildman–Crippen LogP) is 6.74. The van der Waals surface area contributed by atoms with Gasteiger partial charge in [-0.3, -0.25) is 29.3 Å². The summed E-state index contributed by atoms with van der Waals surface area (Å²) in [5, 5.41) is 21.7. The SMILES string of the molecule is C=CCOC(=O)c1ccc(NC(=O)c2ccc(NC(=O)c3ccc(NC(=O)C(C)(C)NC(=O)c4ccc([N+](=O)[O-])cc4)cc3)c(OC)c2OCC=C)c(OC)c1OCC=C. The number of carbonyl (C=O) groups excluding carboxylic acids is 5. The number of carbonyl (C=O) groups is 5. The number of hydrogen-bond acceptors (Lipinski definition) is 12. The number of rotatable bonds is 20. The summed E-state index contributed by atoms with van der Waals surface area (Å²) in [6, 6.07) is 16.5. The van der Waals surface area contributed by atoms with E-state index in [1.807, 2.05) is 0 Å². The highest BCUT2D eigenvalue weighted by atomic mass is 16.6. The van der Waals surface area contributed by atoms with Gasteiger partial charge in [-0.1, -0.05) is 38.0 Å². The number of non-ortho nitro benzene ring substituents is 1. The highest BCUT2D eigenvalue weighted by Crippen LogP contribution is 2.42. The van der Waals surface area contributed by atoms with Crippen molar-refractivity contribution < 1.29 is 52.6 Å². The van der Waals surface area contributed by atoms with Gasteiger partial charge >= 0.3 is 5.97 Å². The highest BCUT2D eigenvalue weighted by molar-refractivity contribution is 6.11. The van der Waals surface area contributed by atoms with Gasteiger partial charge in [0.05, 0.1) is 36.1 Å². The van der Waals surface area contributed by atoms with E-state index in [4.69, 9.17) is 23.7 Å². The van der Waals surface area contributed by atoms with Gasteiger partial charge in [0.2, 0.25) is 5.91 Å². The normalized spacial score (nSPS) is 10.5. The van der Waals surface area contributed by atoms with Crippen molar-refractivity contribution in [3.8, 4) is 23.0 Å². The molecular weight excluding hydrogens is 778 g/mol. The van der Waals surface area contributed by atoms with Crippen LogP contribution in [0.5, 0.6) is 23.0 Å². The van der Waals surface area contributed by atoms with Crippen LogP contribution in [0.4, 0.5) is 22.7 Å². The lowest BCUT2D eigenvalue weighted by atomic mass is 10.0. The first-order chi connectivity index (χ1) is 28.7. The lowest BCUT2D eigenvalue weighted by Gasteiger charge is -2.25. The first-order valence-electron chi connectivity index (χ1n) is 18.0. The molecule has 4 aromatic carbocycles. The molecule has 0 atom stereocenters. The minimum Gasteiger partial charge on any atom is -0.491 e. The summed E-state index contributed by atoms with van der Waals surface area (Å²) in [5.41, 5.74) is -0.609. The van der Waals surface area contributed by atoms with Crippen molar-refractivity contribution in [3.63, 3.8) is 0 Å². The van der Waals surface area contributed by atoms with E-state index in [0.29, 0.717) is 5.69 Å². The van der Waals surface area contributed by atoms with Crippen molar-refractivity contribution in [1.82, 2.24) is 5.32 Å². The highest BCUT2D eigenvalue weighted by Gasteiger charge is 2.31. The van der Waals surface area contributed by atoms with E-state index in [9.17, 15) is 34.1 Å². The maximum Gasteiger partial charge on any atom is 0.342 e. The van der Waals surface area contributed by atoms with E-state index in [2.05, 4.69) is 41.0 Å². The molecule has 0 bridgehead atoms. The van der Waals surface area contributed by atoms with Crippen molar-refractivity contribution >= 4 is 52.3 Å². The number of methoxy groups -OCH3 is 2. The Hall–Kier alpha value is -7.95. The molecule has 0 unspecified atom stereocenters. The number of anilines is 3. The molecule has 17 heteroatoms. The standard InChI is InChI=1S/C43H43N5O12/c1-8-23-58-34-30(40(51)46-33-22-20-31(41(52)60-25-10-3)35(37(33)57-7)59-24-9-2)19-21-32(36(34)56-6)45-38(49)26-11-15-28(16-12-26)44-42(53)43(4,5)47-39(50)27-13-17-29(18-14-27)48(54)55/h8-22H,1-3,23-25H2,4-7H3,(H,44,53)(H,45,49)(H,46,51)(H,47,50). The molecule has 0 aliphatic carbocycles. The van der Waals surface area contributed by atoms with E-state index in [0.717, 1.165) is 0 Å². The van der Waals surface area contributed by atoms with Gasteiger partial charge in [-0.25, -0.2) is 4.79 Å². The van der Waals surface area contributed by atoms with Crippen molar-refractivity contribution in [2.75, 3.05) is 50.0 Å². The third kappa shape index (κ3) is 10.9. The van der Waals surface area contributed by atoms with Gasteiger partial charge in [-0.2, -0.15) is 0 Å². The smallest absolute Gasteiger partial charge is 0.342 e. The molecule has 0 aliphatic heterocycles. The Balaban J connectivity index is 1.52. The molecule has 0 spiro atoms. The van der Waals surface area contributed by atoms with Crippen LogP contribution >= 0.6 is 0 Å². The molecular formula is C43H43N5O12. The largest absolute Gasteiger partial charge is 0.491 e. The molecule has 312 valence electrons. The predicted molar refractivity (Wildman–Crippen MR) is 223 cm³/mol. The van der Waals surface area contributed by atoms with Crippen LogP contribution in [0.3, 0.4) is 0 Å². The molecule has 4 rings (SSSR count). The van der Waals surface area contributed by atoms with E-state index >= 15 is 0 Å². The lowest BCUT2D eigenvalue weighted by Crippen LogP contribution is -2.52. The fraction of sp³-hybridized carbons (Fsp3) is 0.186. The molecule has 60 heavy (non-hydrogen) atoms. The number of hydrogen-bond donors (Lipinski definition) is 4. The van der Waals surface area contributed by atoms with Gasteiger partial charge in [0, 0.05) is 28.9 Å². The summed E-state index contributed by atoms with van der Waals surface area (Å²) >= 11 is 0.